The minimum absolute atomic E-state index is 0.104. The van der Waals surface area contributed by atoms with Gasteiger partial charge < -0.3 is 9.67 Å². The molecule has 4 heteroatoms. The summed E-state index contributed by atoms with van der Waals surface area (Å²) in [7, 11) is 1.99. The summed E-state index contributed by atoms with van der Waals surface area (Å²) in [5, 5.41) is 9.95. The van der Waals surface area contributed by atoms with E-state index in [2.05, 4.69) is 4.98 Å². The van der Waals surface area contributed by atoms with E-state index in [9.17, 15) is 0 Å². The van der Waals surface area contributed by atoms with Crippen molar-refractivity contribution in [1.82, 2.24) is 9.55 Å². The Morgan fingerprint density at radius 1 is 1.25 bits per heavy atom. The van der Waals surface area contributed by atoms with Crippen LogP contribution in [-0.2, 0) is 19.4 Å². The maximum absolute atomic E-state index is 8.93. The Bertz CT molecular complexity index is 450. The van der Waals surface area contributed by atoms with Gasteiger partial charge in [-0.2, -0.15) is 0 Å². The van der Waals surface area contributed by atoms with E-state index in [4.69, 9.17) is 5.11 Å². The zero-order chi connectivity index (χ0) is 11.4. The van der Waals surface area contributed by atoms with Crippen molar-refractivity contribution >= 4 is 11.8 Å². The molecule has 0 radical (unpaired) electrons. The van der Waals surface area contributed by atoms with Gasteiger partial charge in [-0.1, -0.05) is 36.0 Å². The van der Waals surface area contributed by atoms with Crippen LogP contribution in [0.2, 0.25) is 0 Å². The van der Waals surface area contributed by atoms with Crippen LogP contribution in [0.5, 0.6) is 0 Å². The second-order valence-corrected chi connectivity index (χ2v) is 4.53. The standard InChI is InChI=1S/C12H14N2OS/c1-14-7-6-13-12(14)16-9-11-4-2-10(8-15)3-5-11/h2-7,15H,8-9H2,1H3. The average Bonchev–Trinajstić information content (AvgIpc) is 2.73. The van der Waals surface area contributed by atoms with Crippen LogP contribution in [0, 0.1) is 0 Å². The molecule has 84 valence electrons. The predicted octanol–water partition coefficient (Wildman–Crippen LogP) is 2.20. The molecule has 1 N–H and O–H groups in total. The molecule has 0 aliphatic rings. The van der Waals surface area contributed by atoms with Crippen molar-refractivity contribution in [2.75, 3.05) is 0 Å². The Balaban J connectivity index is 1.97. The van der Waals surface area contributed by atoms with Crippen LogP contribution in [-0.4, -0.2) is 14.7 Å². The molecule has 0 amide bonds. The summed E-state index contributed by atoms with van der Waals surface area (Å²) in [5.74, 6) is 0.899. The second-order valence-electron chi connectivity index (χ2n) is 3.58. The third-order valence-corrected chi connectivity index (χ3v) is 3.48. The molecule has 0 fully saturated rings. The SMILES string of the molecule is Cn1ccnc1SCc1ccc(CO)cc1. The van der Waals surface area contributed by atoms with E-state index < -0.39 is 0 Å². The first kappa shape index (κ1) is 11.2. The number of hydrogen-bond acceptors (Lipinski definition) is 3. The molecular formula is C12H14N2OS. The molecule has 2 rings (SSSR count). The minimum Gasteiger partial charge on any atom is -0.392 e. The molecule has 0 aliphatic heterocycles. The Morgan fingerprint density at radius 2 is 1.94 bits per heavy atom. The molecule has 2 aromatic rings. The van der Waals surface area contributed by atoms with Gasteiger partial charge in [0, 0.05) is 25.2 Å². The molecule has 0 saturated carbocycles. The smallest absolute Gasteiger partial charge is 0.167 e. The number of aromatic nitrogens is 2. The molecule has 0 atom stereocenters. The van der Waals surface area contributed by atoms with Gasteiger partial charge in [0.1, 0.15) is 0 Å². The number of aliphatic hydroxyl groups is 1. The molecule has 0 spiro atoms. The van der Waals surface area contributed by atoms with Gasteiger partial charge in [-0.15, -0.1) is 0 Å². The number of aliphatic hydroxyl groups excluding tert-OH is 1. The summed E-state index contributed by atoms with van der Waals surface area (Å²) in [5.41, 5.74) is 2.19. The number of thioether (sulfide) groups is 1. The van der Waals surface area contributed by atoms with Gasteiger partial charge in [-0.25, -0.2) is 4.98 Å². The lowest BCUT2D eigenvalue weighted by atomic mass is 10.2. The average molecular weight is 234 g/mol. The number of aryl methyl sites for hydroxylation is 1. The molecule has 3 nitrogen and oxygen atoms in total. The fraction of sp³-hybridized carbons (Fsp3) is 0.250. The van der Waals surface area contributed by atoms with Crippen LogP contribution in [0.4, 0.5) is 0 Å². The van der Waals surface area contributed by atoms with Gasteiger partial charge in [-0.05, 0) is 11.1 Å². The van der Waals surface area contributed by atoms with Crippen molar-refractivity contribution in [3.8, 4) is 0 Å². The number of imidazole rings is 1. The molecule has 1 aromatic heterocycles. The van der Waals surface area contributed by atoms with Crippen LogP contribution < -0.4 is 0 Å². The number of benzene rings is 1. The van der Waals surface area contributed by atoms with Crippen LogP contribution in [0.1, 0.15) is 11.1 Å². The lowest BCUT2D eigenvalue weighted by Gasteiger charge is -2.03. The molecule has 16 heavy (non-hydrogen) atoms. The number of rotatable bonds is 4. The highest BCUT2D eigenvalue weighted by Crippen LogP contribution is 2.20. The van der Waals surface area contributed by atoms with E-state index in [0.29, 0.717) is 0 Å². The van der Waals surface area contributed by atoms with Crippen molar-refractivity contribution in [3.63, 3.8) is 0 Å². The van der Waals surface area contributed by atoms with Gasteiger partial charge >= 0.3 is 0 Å². The normalized spacial score (nSPS) is 10.6. The van der Waals surface area contributed by atoms with Gasteiger partial charge in [0.15, 0.2) is 5.16 Å². The Kier molecular flexibility index (Phi) is 3.64. The first-order chi connectivity index (χ1) is 7.79. The van der Waals surface area contributed by atoms with Crippen molar-refractivity contribution in [1.29, 1.82) is 0 Å². The van der Waals surface area contributed by atoms with E-state index in [1.54, 1.807) is 18.0 Å². The summed E-state index contributed by atoms with van der Waals surface area (Å²) < 4.78 is 2.01. The number of nitrogens with zero attached hydrogens (tertiary/aromatic N) is 2. The van der Waals surface area contributed by atoms with E-state index in [0.717, 1.165) is 16.5 Å². The Labute approximate surface area is 99.1 Å². The molecule has 0 unspecified atom stereocenters. The lowest BCUT2D eigenvalue weighted by molar-refractivity contribution is 0.282. The molecule has 0 aliphatic carbocycles. The first-order valence-corrected chi connectivity index (χ1v) is 6.07. The van der Waals surface area contributed by atoms with Crippen molar-refractivity contribution in [3.05, 3.63) is 47.8 Å². The highest BCUT2D eigenvalue weighted by Gasteiger charge is 2.00. The highest BCUT2D eigenvalue weighted by molar-refractivity contribution is 7.98. The summed E-state index contributed by atoms with van der Waals surface area (Å²) in [6.07, 6.45) is 3.74. The molecule has 1 aromatic carbocycles. The zero-order valence-electron chi connectivity index (χ0n) is 9.13. The molecule has 0 bridgehead atoms. The second kappa shape index (κ2) is 5.18. The summed E-state index contributed by atoms with van der Waals surface area (Å²) in [6.45, 7) is 0.104. The minimum atomic E-state index is 0.104. The molecule has 1 heterocycles. The van der Waals surface area contributed by atoms with E-state index in [-0.39, 0.29) is 6.61 Å². The third kappa shape index (κ3) is 2.65. The maximum Gasteiger partial charge on any atom is 0.167 e. The van der Waals surface area contributed by atoms with Gasteiger partial charge in [-0.3, -0.25) is 0 Å². The quantitative estimate of drug-likeness (QED) is 0.824. The van der Waals surface area contributed by atoms with E-state index in [1.165, 1.54) is 5.56 Å². The monoisotopic (exact) mass is 234 g/mol. The van der Waals surface area contributed by atoms with Crippen LogP contribution in [0.15, 0.2) is 41.8 Å². The summed E-state index contributed by atoms with van der Waals surface area (Å²) >= 11 is 1.71. The zero-order valence-corrected chi connectivity index (χ0v) is 9.94. The van der Waals surface area contributed by atoms with E-state index in [1.807, 2.05) is 42.1 Å². The molecule has 0 saturated heterocycles. The topological polar surface area (TPSA) is 38.0 Å². The van der Waals surface area contributed by atoms with Crippen molar-refractivity contribution in [2.45, 2.75) is 17.5 Å². The largest absolute Gasteiger partial charge is 0.392 e. The summed E-state index contributed by atoms with van der Waals surface area (Å²) in [4.78, 5) is 4.25. The highest BCUT2D eigenvalue weighted by atomic mass is 32.2. The third-order valence-electron chi connectivity index (χ3n) is 2.35. The van der Waals surface area contributed by atoms with Crippen LogP contribution in [0.3, 0.4) is 0 Å². The maximum atomic E-state index is 8.93. The fourth-order valence-electron chi connectivity index (χ4n) is 1.38. The fourth-order valence-corrected chi connectivity index (χ4v) is 2.27. The first-order valence-electron chi connectivity index (χ1n) is 5.08. The Hall–Kier alpha value is -1.26. The number of hydrogen-bond donors (Lipinski definition) is 1. The molecular weight excluding hydrogens is 220 g/mol. The predicted molar refractivity (Wildman–Crippen MR) is 65.1 cm³/mol. The van der Waals surface area contributed by atoms with Gasteiger partial charge in [0.25, 0.3) is 0 Å². The van der Waals surface area contributed by atoms with Crippen LogP contribution in [0.25, 0.3) is 0 Å². The van der Waals surface area contributed by atoms with Crippen LogP contribution >= 0.6 is 11.8 Å². The Morgan fingerprint density at radius 3 is 2.50 bits per heavy atom. The lowest BCUT2D eigenvalue weighted by Crippen LogP contribution is -1.90. The van der Waals surface area contributed by atoms with Crippen molar-refractivity contribution < 1.29 is 5.11 Å². The van der Waals surface area contributed by atoms with E-state index >= 15 is 0 Å². The van der Waals surface area contributed by atoms with Gasteiger partial charge in [0.05, 0.1) is 6.61 Å². The van der Waals surface area contributed by atoms with Crippen molar-refractivity contribution in [2.24, 2.45) is 7.05 Å². The van der Waals surface area contributed by atoms with Gasteiger partial charge in [0.2, 0.25) is 0 Å². The summed E-state index contributed by atoms with van der Waals surface area (Å²) in [6, 6.07) is 7.99.